The molecule has 0 amide bonds. The van der Waals surface area contributed by atoms with Gasteiger partial charge in [-0.2, -0.15) is 0 Å². The lowest BCUT2D eigenvalue weighted by Crippen LogP contribution is -2.07. The maximum atomic E-state index is 5.43. The molecule has 0 radical (unpaired) electrons. The molecule has 24 heavy (non-hydrogen) atoms. The van der Waals surface area contributed by atoms with Gasteiger partial charge in [0.15, 0.2) is 0 Å². The Morgan fingerprint density at radius 2 is 1.71 bits per heavy atom. The van der Waals surface area contributed by atoms with Crippen LogP contribution in [0.25, 0.3) is 11.3 Å². The lowest BCUT2D eigenvalue weighted by molar-refractivity contribution is 0.416. The molecule has 1 heterocycles. The smallest absolute Gasteiger partial charge is 0.243 e. The summed E-state index contributed by atoms with van der Waals surface area (Å²) in [6, 6.07) is 16.1. The predicted octanol–water partition coefficient (Wildman–Crippen LogP) is 3.78. The van der Waals surface area contributed by atoms with Gasteiger partial charge in [-0.05, 0) is 31.5 Å². The van der Waals surface area contributed by atoms with Gasteiger partial charge in [0.2, 0.25) is 5.95 Å². The first-order chi connectivity index (χ1) is 11.7. The molecule has 0 fully saturated rings. The number of methoxy groups -OCH3 is 1. The number of hydrogen-bond acceptors (Lipinski definition) is 5. The monoisotopic (exact) mass is 320 g/mol. The highest BCUT2D eigenvalue weighted by Gasteiger charge is 2.12. The summed E-state index contributed by atoms with van der Waals surface area (Å²) in [5, 5.41) is 11.6. The minimum atomic E-state index is 0.502. The molecule has 5 nitrogen and oxygen atoms in total. The number of anilines is 1. The van der Waals surface area contributed by atoms with Crippen LogP contribution in [0, 0.1) is 13.8 Å². The molecule has 0 aliphatic heterocycles. The van der Waals surface area contributed by atoms with Crippen molar-refractivity contribution in [2.75, 3.05) is 12.4 Å². The van der Waals surface area contributed by atoms with Crippen molar-refractivity contribution in [2.24, 2.45) is 0 Å². The number of hydrogen-bond donors (Lipinski definition) is 1. The second kappa shape index (κ2) is 7.08. The summed E-state index contributed by atoms with van der Waals surface area (Å²) >= 11 is 0. The van der Waals surface area contributed by atoms with Gasteiger partial charge < -0.3 is 10.1 Å². The third-order valence-corrected chi connectivity index (χ3v) is 3.79. The molecule has 0 bridgehead atoms. The van der Waals surface area contributed by atoms with Gasteiger partial charge in [-0.3, -0.25) is 0 Å². The summed E-state index contributed by atoms with van der Waals surface area (Å²) in [6.45, 7) is 4.62. The molecule has 1 N–H and O–H groups in total. The molecule has 0 saturated heterocycles. The number of para-hydroxylation sites is 1. The molecule has 5 heteroatoms. The van der Waals surface area contributed by atoms with Gasteiger partial charge in [0.1, 0.15) is 11.4 Å². The van der Waals surface area contributed by atoms with Gasteiger partial charge in [-0.1, -0.05) is 42.0 Å². The van der Waals surface area contributed by atoms with Gasteiger partial charge in [-0.25, -0.2) is 4.98 Å². The summed E-state index contributed by atoms with van der Waals surface area (Å²) < 4.78 is 5.43. The minimum absolute atomic E-state index is 0.502. The average Bonchev–Trinajstić information content (AvgIpc) is 2.62. The SMILES string of the molecule is COc1ccccc1-c1nc(NCc2ccc(C)cc2)nnc1C. The Kier molecular flexibility index (Phi) is 4.70. The van der Waals surface area contributed by atoms with Gasteiger partial charge in [0, 0.05) is 12.1 Å². The zero-order valence-electron chi connectivity index (χ0n) is 14.1. The number of nitrogens with one attached hydrogen (secondary N) is 1. The summed E-state index contributed by atoms with van der Waals surface area (Å²) in [4.78, 5) is 4.62. The van der Waals surface area contributed by atoms with Gasteiger partial charge >= 0.3 is 0 Å². The van der Waals surface area contributed by atoms with E-state index in [-0.39, 0.29) is 0 Å². The van der Waals surface area contributed by atoms with E-state index in [0.29, 0.717) is 12.5 Å². The predicted molar refractivity (Wildman–Crippen MR) is 95.1 cm³/mol. The first kappa shape index (κ1) is 15.9. The minimum Gasteiger partial charge on any atom is -0.496 e. The number of rotatable bonds is 5. The molecule has 0 unspecified atom stereocenters. The van der Waals surface area contributed by atoms with Crippen LogP contribution in [-0.2, 0) is 6.54 Å². The molecule has 3 aromatic rings. The van der Waals surface area contributed by atoms with Crippen LogP contribution >= 0.6 is 0 Å². The first-order valence-corrected chi connectivity index (χ1v) is 7.81. The highest BCUT2D eigenvalue weighted by molar-refractivity contribution is 5.69. The number of nitrogens with zero attached hydrogens (tertiary/aromatic N) is 3. The summed E-state index contributed by atoms with van der Waals surface area (Å²) in [6.07, 6.45) is 0. The van der Waals surface area contributed by atoms with Crippen molar-refractivity contribution in [3.8, 4) is 17.0 Å². The van der Waals surface area contributed by atoms with Crippen molar-refractivity contribution in [3.63, 3.8) is 0 Å². The van der Waals surface area contributed by atoms with Crippen molar-refractivity contribution < 1.29 is 4.74 Å². The van der Waals surface area contributed by atoms with E-state index in [1.54, 1.807) is 7.11 Å². The van der Waals surface area contributed by atoms with Crippen LogP contribution in [0.3, 0.4) is 0 Å². The molecule has 2 aromatic carbocycles. The Hall–Kier alpha value is -2.95. The van der Waals surface area contributed by atoms with Gasteiger partial charge in [0.05, 0.1) is 12.8 Å². The molecule has 122 valence electrons. The maximum absolute atomic E-state index is 5.43. The summed E-state index contributed by atoms with van der Waals surface area (Å²) in [7, 11) is 1.65. The fraction of sp³-hybridized carbons (Fsp3) is 0.211. The topological polar surface area (TPSA) is 59.9 Å². The fourth-order valence-electron chi connectivity index (χ4n) is 2.44. The highest BCUT2D eigenvalue weighted by atomic mass is 16.5. The van der Waals surface area contributed by atoms with E-state index in [1.165, 1.54) is 11.1 Å². The molecular formula is C19H20N4O. The van der Waals surface area contributed by atoms with Crippen molar-refractivity contribution in [1.82, 2.24) is 15.2 Å². The maximum Gasteiger partial charge on any atom is 0.243 e. The quantitative estimate of drug-likeness (QED) is 0.775. The molecule has 0 aliphatic rings. The number of ether oxygens (including phenoxy) is 1. The van der Waals surface area contributed by atoms with E-state index in [9.17, 15) is 0 Å². The standard InChI is InChI=1S/C19H20N4O/c1-13-8-10-15(11-9-13)12-20-19-21-18(14(2)22-23-19)16-6-4-5-7-17(16)24-3/h4-11H,12H2,1-3H3,(H,20,21,23). The van der Waals surface area contributed by atoms with E-state index in [4.69, 9.17) is 4.74 Å². The molecule has 0 spiro atoms. The van der Waals surface area contributed by atoms with Crippen LogP contribution in [0.1, 0.15) is 16.8 Å². The van der Waals surface area contributed by atoms with Crippen LogP contribution in [0.4, 0.5) is 5.95 Å². The van der Waals surface area contributed by atoms with Crippen LogP contribution < -0.4 is 10.1 Å². The largest absolute Gasteiger partial charge is 0.496 e. The average molecular weight is 320 g/mol. The summed E-state index contributed by atoms with van der Waals surface area (Å²) in [5.74, 6) is 1.27. The number of benzene rings is 2. The molecule has 0 saturated carbocycles. The van der Waals surface area contributed by atoms with Gasteiger partial charge in [0.25, 0.3) is 0 Å². The normalized spacial score (nSPS) is 10.5. The molecule has 3 rings (SSSR count). The third-order valence-electron chi connectivity index (χ3n) is 3.79. The Bertz CT molecular complexity index is 831. The second-order valence-corrected chi connectivity index (χ2v) is 5.61. The molecule has 0 atom stereocenters. The van der Waals surface area contributed by atoms with E-state index < -0.39 is 0 Å². The molecule has 0 aliphatic carbocycles. The van der Waals surface area contributed by atoms with E-state index in [0.717, 1.165) is 22.7 Å². The van der Waals surface area contributed by atoms with Crippen LogP contribution in [-0.4, -0.2) is 22.3 Å². The van der Waals surface area contributed by atoms with Gasteiger partial charge in [-0.15, -0.1) is 10.2 Å². The Morgan fingerprint density at radius 3 is 2.46 bits per heavy atom. The Morgan fingerprint density at radius 1 is 0.958 bits per heavy atom. The van der Waals surface area contributed by atoms with E-state index in [1.807, 2.05) is 31.2 Å². The number of aryl methyl sites for hydroxylation is 2. The zero-order valence-corrected chi connectivity index (χ0v) is 14.1. The number of aromatic nitrogens is 3. The van der Waals surface area contributed by atoms with E-state index in [2.05, 4.69) is 51.7 Å². The Labute approximate surface area is 141 Å². The van der Waals surface area contributed by atoms with Crippen molar-refractivity contribution in [3.05, 3.63) is 65.4 Å². The van der Waals surface area contributed by atoms with Crippen molar-refractivity contribution in [2.45, 2.75) is 20.4 Å². The van der Waals surface area contributed by atoms with Crippen molar-refractivity contribution in [1.29, 1.82) is 0 Å². The summed E-state index contributed by atoms with van der Waals surface area (Å²) in [5.41, 5.74) is 4.86. The second-order valence-electron chi connectivity index (χ2n) is 5.61. The van der Waals surface area contributed by atoms with Crippen LogP contribution in [0.15, 0.2) is 48.5 Å². The molecular weight excluding hydrogens is 300 g/mol. The first-order valence-electron chi connectivity index (χ1n) is 7.81. The fourth-order valence-corrected chi connectivity index (χ4v) is 2.44. The zero-order chi connectivity index (χ0) is 16.9. The third kappa shape index (κ3) is 3.51. The lowest BCUT2D eigenvalue weighted by Gasteiger charge is -2.11. The lowest BCUT2D eigenvalue weighted by atomic mass is 10.1. The van der Waals surface area contributed by atoms with E-state index >= 15 is 0 Å². The highest BCUT2D eigenvalue weighted by Crippen LogP contribution is 2.29. The van der Waals surface area contributed by atoms with Crippen LogP contribution in [0.5, 0.6) is 5.75 Å². The Balaban J connectivity index is 1.85. The molecule has 1 aromatic heterocycles. The van der Waals surface area contributed by atoms with Crippen LogP contribution in [0.2, 0.25) is 0 Å². The van der Waals surface area contributed by atoms with Crippen molar-refractivity contribution >= 4 is 5.95 Å².